The van der Waals surface area contributed by atoms with Crippen molar-refractivity contribution in [1.82, 2.24) is 9.55 Å². The summed E-state index contributed by atoms with van der Waals surface area (Å²) in [4.78, 5) is 4.56. The Hall–Kier alpha value is -1.03. The van der Waals surface area contributed by atoms with Crippen LogP contribution in [0.4, 0.5) is 0 Å². The molecule has 1 unspecified atom stereocenters. The lowest BCUT2D eigenvalue weighted by Crippen LogP contribution is -2.09. The van der Waals surface area contributed by atoms with Crippen molar-refractivity contribution in [3.63, 3.8) is 0 Å². The second kappa shape index (κ2) is 5.16. The smallest absolute Gasteiger partial charge is 0.125 e. The average Bonchev–Trinajstić information content (AvgIpc) is 3.05. The van der Waals surface area contributed by atoms with Crippen LogP contribution in [-0.2, 0) is 5.88 Å². The molecule has 2 aromatic heterocycles. The summed E-state index contributed by atoms with van der Waals surface area (Å²) in [5.41, 5.74) is 3.11. The summed E-state index contributed by atoms with van der Waals surface area (Å²) in [7, 11) is 0. The first-order valence-electron chi connectivity index (χ1n) is 5.95. The quantitative estimate of drug-likeness (QED) is 0.615. The summed E-state index contributed by atoms with van der Waals surface area (Å²) in [5, 5.41) is 4.90. The number of fused-ring (bicyclic) bond motifs is 1. The van der Waals surface area contributed by atoms with Crippen LogP contribution in [0.3, 0.4) is 0 Å². The van der Waals surface area contributed by atoms with Crippen LogP contribution < -0.4 is 0 Å². The predicted molar refractivity (Wildman–Crippen MR) is 82.4 cm³/mol. The second-order valence-corrected chi connectivity index (χ2v) is 5.83. The molecular formula is C14H12Cl2N2S. The van der Waals surface area contributed by atoms with E-state index in [9.17, 15) is 0 Å². The predicted octanol–water partition coefficient (Wildman–Crippen LogP) is 5.10. The summed E-state index contributed by atoms with van der Waals surface area (Å²) in [6.07, 6.45) is 0. The van der Waals surface area contributed by atoms with Crippen LogP contribution in [-0.4, -0.2) is 9.55 Å². The Balaban J connectivity index is 2.24. The number of imidazole rings is 1. The van der Waals surface area contributed by atoms with E-state index in [1.54, 1.807) is 11.3 Å². The van der Waals surface area contributed by atoms with Gasteiger partial charge in [-0.1, -0.05) is 17.7 Å². The standard InChI is InChI=1S/C14H12Cl2N2S/c1-9(10-5-6-19-8-10)18-12-4-2-3-11(16)14(12)17-13(18)7-15/h2-6,8-9H,7H2,1H3. The molecule has 0 aliphatic carbocycles. The molecule has 5 heteroatoms. The zero-order valence-electron chi connectivity index (χ0n) is 10.3. The van der Waals surface area contributed by atoms with Gasteiger partial charge in [-0.3, -0.25) is 0 Å². The number of para-hydroxylation sites is 1. The molecular weight excluding hydrogens is 299 g/mol. The van der Waals surface area contributed by atoms with E-state index >= 15 is 0 Å². The number of benzene rings is 1. The van der Waals surface area contributed by atoms with Gasteiger partial charge in [0, 0.05) is 0 Å². The summed E-state index contributed by atoms with van der Waals surface area (Å²) in [5.74, 6) is 1.22. The average molecular weight is 311 g/mol. The third-order valence-electron chi connectivity index (χ3n) is 3.28. The van der Waals surface area contributed by atoms with Crippen LogP contribution in [0.25, 0.3) is 11.0 Å². The lowest BCUT2D eigenvalue weighted by molar-refractivity contribution is 0.636. The number of aromatic nitrogens is 2. The van der Waals surface area contributed by atoms with Crippen LogP contribution in [0.1, 0.15) is 24.4 Å². The van der Waals surface area contributed by atoms with E-state index in [1.807, 2.05) is 18.2 Å². The highest BCUT2D eigenvalue weighted by Crippen LogP contribution is 2.30. The Labute approximate surface area is 125 Å². The number of thiophene rings is 1. The maximum absolute atomic E-state index is 6.21. The monoisotopic (exact) mass is 310 g/mol. The first-order chi connectivity index (χ1) is 9.22. The molecule has 0 N–H and O–H groups in total. The zero-order chi connectivity index (χ0) is 13.4. The van der Waals surface area contributed by atoms with E-state index in [4.69, 9.17) is 23.2 Å². The topological polar surface area (TPSA) is 17.8 Å². The molecule has 0 fully saturated rings. The van der Waals surface area contributed by atoms with E-state index in [0.29, 0.717) is 10.9 Å². The van der Waals surface area contributed by atoms with Crippen molar-refractivity contribution >= 4 is 45.6 Å². The van der Waals surface area contributed by atoms with Crippen LogP contribution in [0.2, 0.25) is 5.02 Å². The molecule has 0 saturated carbocycles. The highest BCUT2D eigenvalue weighted by molar-refractivity contribution is 7.07. The highest BCUT2D eigenvalue weighted by Gasteiger charge is 2.18. The van der Waals surface area contributed by atoms with Gasteiger partial charge in [-0.15, -0.1) is 11.6 Å². The van der Waals surface area contributed by atoms with Crippen molar-refractivity contribution in [1.29, 1.82) is 0 Å². The van der Waals surface area contributed by atoms with Crippen LogP contribution in [0.5, 0.6) is 0 Å². The number of alkyl halides is 1. The Morgan fingerprint density at radius 2 is 2.21 bits per heavy atom. The molecule has 3 rings (SSSR count). The summed E-state index contributed by atoms with van der Waals surface area (Å²) in [6, 6.07) is 8.16. The summed E-state index contributed by atoms with van der Waals surface area (Å²) in [6.45, 7) is 2.15. The maximum Gasteiger partial charge on any atom is 0.125 e. The SMILES string of the molecule is CC(c1ccsc1)n1c(CCl)nc2c(Cl)cccc21. The molecule has 0 aliphatic heterocycles. The minimum Gasteiger partial charge on any atom is -0.320 e. The van der Waals surface area contributed by atoms with Crippen molar-refractivity contribution in [2.45, 2.75) is 18.8 Å². The Kier molecular flexibility index (Phi) is 3.52. The van der Waals surface area contributed by atoms with Crippen molar-refractivity contribution < 1.29 is 0 Å². The van der Waals surface area contributed by atoms with Crippen LogP contribution >= 0.6 is 34.5 Å². The van der Waals surface area contributed by atoms with Gasteiger partial charge in [0.15, 0.2) is 0 Å². The molecule has 0 radical (unpaired) electrons. The van der Waals surface area contributed by atoms with Gasteiger partial charge in [0.1, 0.15) is 11.3 Å². The van der Waals surface area contributed by atoms with E-state index in [0.717, 1.165) is 16.9 Å². The Bertz CT molecular complexity index is 704. The minimum absolute atomic E-state index is 0.198. The molecule has 2 heterocycles. The van der Waals surface area contributed by atoms with Gasteiger partial charge in [-0.05, 0) is 41.4 Å². The normalized spacial score (nSPS) is 13.0. The van der Waals surface area contributed by atoms with Gasteiger partial charge in [0.25, 0.3) is 0 Å². The number of halogens is 2. The zero-order valence-corrected chi connectivity index (χ0v) is 12.6. The molecule has 0 amide bonds. The number of rotatable bonds is 3. The second-order valence-electron chi connectivity index (χ2n) is 4.37. The molecule has 1 aromatic carbocycles. The molecule has 19 heavy (non-hydrogen) atoms. The molecule has 0 saturated heterocycles. The molecule has 0 bridgehead atoms. The van der Waals surface area contributed by atoms with Gasteiger partial charge in [-0.2, -0.15) is 11.3 Å². The minimum atomic E-state index is 0.198. The summed E-state index contributed by atoms with van der Waals surface area (Å²) >= 11 is 13.9. The number of hydrogen-bond acceptors (Lipinski definition) is 2. The first-order valence-corrected chi connectivity index (χ1v) is 7.81. The molecule has 98 valence electrons. The van der Waals surface area contributed by atoms with E-state index in [1.165, 1.54) is 5.56 Å². The van der Waals surface area contributed by atoms with Gasteiger partial charge in [-0.25, -0.2) is 4.98 Å². The van der Waals surface area contributed by atoms with Gasteiger partial charge in [0.2, 0.25) is 0 Å². The Morgan fingerprint density at radius 3 is 2.89 bits per heavy atom. The fraction of sp³-hybridized carbons (Fsp3) is 0.214. The van der Waals surface area contributed by atoms with Crippen molar-refractivity contribution in [3.8, 4) is 0 Å². The molecule has 0 spiro atoms. The third-order valence-corrected chi connectivity index (χ3v) is 4.52. The van der Waals surface area contributed by atoms with E-state index in [2.05, 4.69) is 33.3 Å². The lowest BCUT2D eigenvalue weighted by atomic mass is 10.1. The fourth-order valence-corrected chi connectivity index (χ4v) is 3.47. The fourth-order valence-electron chi connectivity index (χ4n) is 2.32. The number of nitrogens with zero attached hydrogens (tertiary/aromatic N) is 2. The van der Waals surface area contributed by atoms with Crippen molar-refractivity contribution in [3.05, 3.63) is 51.4 Å². The Morgan fingerprint density at radius 1 is 1.37 bits per heavy atom. The van der Waals surface area contributed by atoms with E-state index in [-0.39, 0.29) is 6.04 Å². The first kappa shape index (κ1) is 13.0. The molecule has 2 nitrogen and oxygen atoms in total. The van der Waals surface area contributed by atoms with Gasteiger partial charge < -0.3 is 4.57 Å². The van der Waals surface area contributed by atoms with Gasteiger partial charge >= 0.3 is 0 Å². The lowest BCUT2D eigenvalue weighted by Gasteiger charge is -2.16. The van der Waals surface area contributed by atoms with Crippen molar-refractivity contribution in [2.75, 3.05) is 0 Å². The van der Waals surface area contributed by atoms with Gasteiger partial charge in [0.05, 0.1) is 22.5 Å². The molecule has 1 atom stereocenters. The third kappa shape index (κ3) is 2.16. The number of hydrogen-bond donors (Lipinski definition) is 0. The highest BCUT2D eigenvalue weighted by atomic mass is 35.5. The molecule has 3 aromatic rings. The van der Waals surface area contributed by atoms with Crippen LogP contribution in [0.15, 0.2) is 35.0 Å². The van der Waals surface area contributed by atoms with E-state index < -0.39 is 0 Å². The van der Waals surface area contributed by atoms with Crippen molar-refractivity contribution in [2.24, 2.45) is 0 Å². The largest absolute Gasteiger partial charge is 0.320 e. The maximum atomic E-state index is 6.21. The van der Waals surface area contributed by atoms with Crippen LogP contribution in [0, 0.1) is 0 Å². The molecule has 0 aliphatic rings. The summed E-state index contributed by atoms with van der Waals surface area (Å²) < 4.78 is 2.16.